The minimum absolute atomic E-state index is 0.0985. The van der Waals surface area contributed by atoms with E-state index in [1.165, 1.54) is 18.0 Å². The van der Waals surface area contributed by atoms with Crippen LogP contribution in [0.15, 0.2) is 6.33 Å². The first-order chi connectivity index (χ1) is 7.06. The van der Waals surface area contributed by atoms with Crippen LogP contribution in [0.3, 0.4) is 0 Å². The molecule has 1 aromatic rings. The number of carbonyl (C=O) groups excluding carboxylic acids is 2. The molecule has 0 atom stereocenters. The highest BCUT2D eigenvalue weighted by molar-refractivity contribution is 5.97. The summed E-state index contributed by atoms with van der Waals surface area (Å²) in [5, 5.41) is 2.33. The second kappa shape index (κ2) is 4.45. The molecule has 3 N–H and O–H groups in total. The van der Waals surface area contributed by atoms with Gasteiger partial charge in [0.15, 0.2) is 5.69 Å². The van der Waals surface area contributed by atoms with Gasteiger partial charge >= 0.3 is 5.97 Å². The molecule has 1 rings (SSSR count). The number of aromatic nitrogens is 2. The Morgan fingerprint density at radius 1 is 1.67 bits per heavy atom. The molecular formula is C8H12N4O3. The monoisotopic (exact) mass is 212 g/mol. The van der Waals surface area contributed by atoms with Crippen LogP contribution in [0.5, 0.6) is 0 Å². The van der Waals surface area contributed by atoms with E-state index in [1.807, 2.05) is 0 Å². The summed E-state index contributed by atoms with van der Waals surface area (Å²) >= 11 is 0. The molecule has 15 heavy (non-hydrogen) atoms. The number of nitrogen functional groups attached to an aromatic ring is 1. The van der Waals surface area contributed by atoms with Crippen LogP contribution in [0, 0.1) is 0 Å². The number of anilines is 1. The third-order valence-electron chi connectivity index (χ3n) is 1.82. The number of esters is 1. The number of hydrogen-bond acceptors (Lipinski definition) is 5. The molecule has 0 aliphatic carbocycles. The Morgan fingerprint density at radius 2 is 2.33 bits per heavy atom. The molecule has 1 amide bonds. The third-order valence-corrected chi connectivity index (χ3v) is 1.82. The molecule has 0 radical (unpaired) electrons. The smallest absolute Gasteiger partial charge is 0.325 e. The number of hydrogen-bond donors (Lipinski definition) is 2. The number of rotatable bonds is 3. The van der Waals surface area contributed by atoms with Crippen LogP contribution < -0.4 is 11.1 Å². The van der Waals surface area contributed by atoms with Gasteiger partial charge in [-0.3, -0.25) is 9.59 Å². The van der Waals surface area contributed by atoms with Crippen LogP contribution in [-0.2, 0) is 16.6 Å². The van der Waals surface area contributed by atoms with Gasteiger partial charge in [0.25, 0.3) is 5.91 Å². The largest absolute Gasteiger partial charge is 0.468 e. The Labute approximate surface area is 86.2 Å². The maximum Gasteiger partial charge on any atom is 0.325 e. The normalized spacial score (nSPS) is 9.73. The molecule has 0 saturated heterocycles. The van der Waals surface area contributed by atoms with Crippen molar-refractivity contribution in [3.8, 4) is 0 Å². The quantitative estimate of drug-likeness (QED) is 0.620. The van der Waals surface area contributed by atoms with Crippen LogP contribution >= 0.6 is 0 Å². The Bertz CT molecular complexity index is 385. The number of imidazole rings is 1. The highest BCUT2D eigenvalue weighted by Gasteiger charge is 2.14. The molecular weight excluding hydrogens is 200 g/mol. The molecule has 0 spiro atoms. The summed E-state index contributed by atoms with van der Waals surface area (Å²) in [7, 11) is 2.91. The molecule has 0 saturated carbocycles. The summed E-state index contributed by atoms with van der Waals surface area (Å²) in [6.45, 7) is -0.203. The van der Waals surface area contributed by atoms with Crippen LogP contribution in [0.25, 0.3) is 0 Å². The number of carbonyl (C=O) groups is 2. The van der Waals surface area contributed by atoms with E-state index in [0.717, 1.165) is 0 Å². The molecule has 0 bridgehead atoms. The molecule has 82 valence electrons. The average molecular weight is 212 g/mol. The fourth-order valence-corrected chi connectivity index (χ4v) is 0.923. The Morgan fingerprint density at radius 3 is 2.80 bits per heavy atom. The molecule has 7 heteroatoms. The molecule has 0 aliphatic rings. The van der Waals surface area contributed by atoms with Gasteiger partial charge in [-0.2, -0.15) is 0 Å². The van der Waals surface area contributed by atoms with Crippen molar-refractivity contribution in [3.05, 3.63) is 12.0 Å². The summed E-state index contributed by atoms with van der Waals surface area (Å²) in [5.74, 6) is -0.784. The summed E-state index contributed by atoms with van der Waals surface area (Å²) < 4.78 is 5.87. The van der Waals surface area contributed by atoms with E-state index in [-0.39, 0.29) is 18.1 Å². The summed E-state index contributed by atoms with van der Waals surface area (Å²) in [6, 6.07) is 0. The van der Waals surface area contributed by atoms with E-state index in [0.29, 0.717) is 0 Å². The van der Waals surface area contributed by atoms with Gasteiger partial charge in [-0.25, -0.2) is 4.98 Å². The minimum atomic E-state index is -0.530. The predicted molar refractivity (Wildman–Crippen MR) is 52.0 cm³/mol. The first-order valence-electron chi connectivity index (χ1n) is 4.18. The third kappa shape index (κ3) is 2.46. The maximum atomic E-state index is 11.4. The molecule has 1 heterocycles. The van der Waals surface area contributed by atoms with Crippen LogP contribution in [0.4, 0.5) is 5.82 Å². The van der Waals surface area contributed by atoms with Gasteiger partial charge in [0.05, 0.1) is 13.4 Å². The predicted octanol–water partition coefficient (Wildman–Crippen LogP) is -1.09. The molecule has 0 unspecified atom stereocenters. The van der Waals surface area contributed by atoms with Gasteiger partial charge in [-0.15, -0.1) is 0 Å². The molecule has 1 aromatic heterocycles. The zero-order chi connectivity index (χ0) is 11.4. The van der Waals surface area contributed by atoms with Gasteiger partial charge < -0.3 is 20.4 Å². The van der Waals surface area contributed by atoms with Crippen molar-refractivity contribution >= 4 is 17.7 Å². The number of nitrogens with one attached hydrogen (secondary N) is 1. The van der Waals surface area contributed by atoms with Crippen molar-refractivity contribution in [2.45, 2.75) is 0 Å². The second-order valence-corrected chi connectivity index (χ2v) is 2.85. The Hall–Kier alpha value is -2.05. The summed E-state index contributed by atoms with van der Waals surface area (Å²) in [6.07, 6.45) is 1.42. The summed E-state index contributed by atoms with van der Waals surface area (Å²) in [4.78, 5) is 26.0. The first kappa shape index (κ1) is 11.0. The Balaban J connectivity index is 2.62. The zero-order valence-electron chi connectivity index (χ0n) is 8.48. The standard InChI is InChI=1S/C8H12N4O3/c1-12-4-11-6(7(12)9)8(14)10-3-5(13)15-2/h4H,3,9H2,1-2H3,(H,10,14). The number of nitrogens with zero attached hydrogens (tertiary/aromatic N) is 2. The summed E-state index contributed by atoms with van der Waals surface area (Å²) in [5.41, 5.74) is 5.66. The highest BCUT2D eigenvalue weighted by atomic mass is 16.5. The van der Waals surface area contributed by atoms with E-state index >= 15 is 0 Å². The van der Waals surface area contributed by atoms with Gasteiger partial charge in [0, 0.05) is 7.05 Å². The van der Waals surface area contributed by atoms with Crippen molar-refractivity contribution in [1.29, 1.82) is 0 Å². The topological polar surface area (TPSA) is 99.2 Å². The van der Waals surface area contributed by atoms with E-state index in [9.17, 15) is 9.59 Å². The van der Waals surface area contributed by atoms with Crippen LogP contribution in [-0.4, -0.2) is 35.1 Å². The van der Waals surface area contributed by atoms with Crippen LogP contribution in [0.2, 0.25) is 0 Å². The first-order valence-corrected chi connectivity index (χ1v) is 4.18. The number of nitrogens with two attached hydrogens (primary N) is 1. The highest BCUT2D eigenvalue weighted by Crippen LogP contribution is 2.06. The van der Waals surface area contributed by atoms with E-state index < -0.39 is 11.9 Å². The van der Waals surface area contributed by atoms with Gasteiger partial charge in [0.1, 0.15) is 12.4 Å². The van der Waals surface area contributed by atoms with Gasteiger partial charge in [-0.05, 0) is 0 Å². The van der Waals surface area contributed by atoms with Crippen LogP contribution in [0.1, 0.15) is 10.5 Å². The maximum absolute atomic E-state index is 11.4. The number of aryl methyl sites for hydroxylation is 1. The van der Waals surface area contributed by atoms with Gasteiger partial charge in [-0.1, -0.05) is 0 Å². The fraction of sp³-hybridized carbons (Fsp3) is 0.375. The SMILES string of the molecule is COC(=O)CNC(=O)c1ncn(C)c1N. The lowest BCUT2D eigenvalue weighted by molar-refractivity contribution is -0.139. The lowest BCUT2D eigenvalue weighted by Crippen LogP contribution is -2.30. The minimum Gasteiger partial charge on any atom is -0.468 e. The second-order valence-electron chi connectivity index (χ2n) is 2.85. The number of ether oxygens (including phenoxy) is 1. The van der Waals surface area contributed by atoms with Crippen molar-refractivity contribution in [2.75, 3.05) is 19.4 Å². The lowest BCUT2D eigenvalue weighted by atomic mass is 10.4. The van der Waals surface area contributed by atoms with E-state index in [2.05, 4.69) is 15.0 Å². The number of methoxy groups -OCH3 is 1. The molecule has 0 aromatic carbocycles. The molecule has 0 fully saturated rings. The van der Waals surface area contributed by atoms with Crippen molar-refractivity contribution < 1.29 is 14.3 Å². The van der Waals surface area contributed by atoms with Crippen molar-refractivity contribution in [2.24, 2.45) is 7.05 Å². The lowest BCUT2D eigenvalue weighted by Gasteiger charge is -2.02. The van der Waals surface area contributed by atoms with Gasteiger partial charge in [0.2, 0.25) is 0 Å². The van der Waals surface area contributed by atoms with E-state index in [4.69, 9.17) is 5.73 Å². The Kier molecular flexibility index (Phi) is 3.27. The fourth-order valence-electron chi connectivity index (χ4n) is 0.923. The molecule has 7 nitrogen and oxygen atoms in total. The van der Waals surface area contributed by atoms with Crippen molar-refractivity contribution in [1.82, 2.24) is 14.9 Å². The van der Waals surface area contributed by atoms with E-state index in [1.54, 1.807) is 7.05 Å². The van der Waals surface area contributed by atoms with Crippen molar-refractivity contribution in [3.63, 3.8) is 0 Å². The molecule has 0 aliphatic heterocycles. The average Bonchev–Trinajstić information content (AvgIpc) is 2.56. The number of amides is 1. The zero-order valence-corrected chi connectivity index (χ0v) is 8.48.